The maximum Gasteiger partial charge on any atom is 0.196 e. The SMILES string of the molecule is C=C/C(C)=N/N(CC(C)NN(C)C(=C)OCCCO)C1CCCCO1. The molecule has 0 amide bonds. The van der Waals surface area contributed by atoms with Gasteiger partial charge in [0.05, 0.1) is 18.9 Å². The van der Waals surface area contributed by atoms with Gasteiger partial charge in [-0.1, -0.05) is 6.58 Å². The molecule has 0 radical (unpaired) electrons. The van der Waals surface area contributed by atoms with Gasteiger partial charge in [0.25, 0.3) is 0 Å². The lowest BCUT2D eigenvalue weighted by Crippen LogP contribution is -2.48. The van der Waals surface area contributed by atoms with Gasteiger partial charge in [0.15, 0.2) is 5.88 Å². The summed E-state index contributed by atoms with van der Waals surface area (Å²) in [5.41, 5.74) is 4.19. The molecule has 0 bridgehead atoms. The maximum atomic E-state index is 8.80. The van der Waals surface area contributed by atoms with Crippen LogP contribution in [0.5, 0.6) is 0 Å². The first kappa shape index (κ1) is 21.5. The zero-order valence-electron chi connectivity index (χ0n) is 15.9. The van der Waals surface area contributed by atoms with E-state index in [4.69, 9.17) is 14.6 Å². The van der Waals surface area contributed by atoms with Crippen molar-refractivity contribution in [3.63, 3.8) is 0 Å². The lowest BCUT2D eigenvalue weighted by molar-refractivity contribution is -0.0895. The van der Waals surface area contributed by atoms with Gasteiger partial charge in [-0.3, -0.25) is 10.0 Å². The lowest BCUT2D eigenvalue weighted by atomic mass is 10.2. The van der Waals surface area contributed by atoms with Crippen molar-refractivity contribution in [1.82, 2.24) is 15.4 Å². The summed E-state index contributed by atoms with van der Waals surface area (Å²) >= 11 is 0. The molecule has 1 saturated heterocycles. The minimum absolute atomic E-state index is 0.00205. The smallest absolute Gasteiger partial charge is 0.196 e. The van der Waals surface area contributed by atoms with Crippen LogP contribution in [0.3, 0.4) is 0 Å². The largest absolute Gasteiger partial charge is 0.479 e. The van der Waals surface area contributed by atoms with Gasteiger partial charge in [0.2, 0.25) is 0 Å². The second-order valence-corrected chi connectivity index (χ2v) is 6.30. The predicted molar refractivity (Wildman–Crippen MR) is 101 cm³/mol. The average Bonchev–Trinajstić information content (AvgIpc) is 2.61. The maximum absolute atomic E-state index is 8.80. The molecule has 0 aromatic carbocycles. The summed E-state index contributed by atoms with van der Waals surface area (Å²) in [6.45, 7) is 13.7. The zero-order valence-corrected chi connectivity index (χ0v) is 15.9. The Hall–Kier alpha value is -1.57. The van der Waals surface area contributed by atoms with Crippen LogP contribution >= 0.6 is 0 Å². The molecule has 2 unspecified atom stereocenters. The van der Waals surface area contributed by atoms with E-state index in [1.165, 1.54) is 0 Å². The number of nitrogens with zero attached hydrogens (tertiary/aromatic N) is 3. The molecular formula is C18H34N4O3. The van der Waals surface area contributed by atoms with Crippen molar-refractivity contribution in [3.8, 4) is 0 Å². The Morgan fingerprint density at radius 1 is 1.52 bits per heavy atom. The Labute approximate surface area is 151 Å². The van der Waals surface area contributed by atoms with E-state index in [0.29, 0.717) is 25.5 Å². The molecule has 144 valence electrons. The van der Waals surface area contributed by atoms with Gasteiger partial charge in [0.1, 0.15) is 6.23 Å². The fraction of sp³-hybridized carbons (Fsp3) is 0.722. The summed E-state index contributed by atoms with van der Waals surface area (Å²) in [5.74, 6) is 0.520. The normalized spacial score (nSPS) is 19.2. The van der Waals surface area contributed by atoms with Crippen molar-refractivity contribution in [2.75, 3.05) is 33.4 Å². The molecule has 7 nitrogen and oxygen atoms in total. The quantitative estimate of drug-likeness (QED) is 0.242. The van der Waals surface area contributed by atoms with Gasteiger partial charge in [-0.15, -0.1) is 0 Å². The fourth-order valence-electron chi connectivity index (χ4n) is 2.50. The molecule has 1 aliphatic heterocycles. The van der Waals surface area contributed by atoms with Crippen LogP contribution in [0.4, 0.5) is 0 Å². The predicted octanol–water partition coefficient (Wildman–Crippen LogP) is 2.07. The molecule has 0 aromatic rings. The number of hydrazine groups is 1. The van der Waals surface area contributed by atoms with Crippen LogP contribution in [0.15, 0.2) is 30.2 Å². The molecule has 1 fully saturated rings. The van der Waals surface area contributed by atoms with E-state index in [-0.39, 0.29) is 18.9 Å². The number of aliphatic hydroxyl groups is 1. The van der Waals surface area contributed by atoms with Crippen molar-refractivity contribution in [1.29, 1.82) is 0 Å². The van der Waals surface area contributed by atoms with Crippen LogP contribution in [0.1, 0.15) is 39.5 Å². The monoisotopic (exact) mass is 354 g/mol. The third-order valence-corrected chi connectivity index (χ3v) is 3.89. The number of aliphatic hydroxyl groups excluding tert-OH is 1. The Morgan fingerprint density at radius 3 is 2.88 bits per heavy atom. The Bertz CT molecular complexity index is 436. The molecule has 0 aliphatic carbocycles. The van der Waals surface area contributed by atoms with E-state index in [0.717, 1.165) is 31.6 Å². The minimum atomic E-state index is 0.00205. The van der Waals surface area contributed by atoms with E-state index in [1.54, 1.807) is 11.1 Å². The van der Waals surface area contributed by atoms with E-state index in [1.807, 2.05) is 19.0 Å². The van der Waals surface area contributed by atoms with E-state index >= 15 is 0 Å². The summed E-state index contributed by atoms with van der Waals surface area (Å²) < 4.78 is 11.4. The number of ether oxygens (including phenoxy) is 2. The van der Waals surface area contributed by atoms with Crippen LogP contribution < -0.4 is 5.43 Å². The summed E-state index contributed by atoms with van der Waals surface area (Å²) in [6, 6.07) is 0.107. The Balaban J connectivity index is 2.56. The number of nitrogens with one attached hydrogen (secondary N) is 1. The summed E-state index contributed by atoms with van der Waals surface area (Å²) in [5, 5.41) is 17.2. The van der Waals surface area contributed by atoms with Gasteiger partial charge in [-0.05, 0) is 45.8 Å². The highest BCUT2D eigenvalue weighted by Crippen LogP contribution is 2.18. The van der Waals surface area contributed by atoms with Crippen LogP contribution in [0.25, 0.3) is 0 Å². The summed E-state index contributed by atoms with van der Waals surface area (Å²) in [6.07, 6.45) is 5.58. The zero-order chi connectivity index (χ0) is 18.7. The second-order valence-electron chi connectivity index (χ2n) is 6.30. The van der Waals surface area contributed by atoms with Crippen molar-refractivity contribution < 1.29 is 14.6 Å². The molecule has 7 heteroatoms. The highest BCUT2D eigenvalue weighted by molar-refractivity contribution is 5.91. The summed E-state index contributed by atoms with van der Waals surface area (Å²) in [4.78, 5) is 0. The summed E-state index contributed by atoms with van der Waals surface area (Å²) in [7, 11) is 1.86. The third-order valence-electron chi connectivity index (χ3n) is 3.89. The molecular weight excluding hydrogens is 320 g/mol. The number of rotatable bonds is 12. The van der Waals surface area contributed by atoms with Gasteiger partial charge in [-0.25, -0.2) is 5.43 Å². The van der Waals surface area contributed by atoms with Crippen molar-refractivity contribution in [2.24, 2.45) is 5.10 Å². The second kappa shape index (κ2) is 11.9. The topological polar surface area (TPSA) is 69.6 Å². The number of hydrazone groups is 1. The minimum Gasteiger partial charge on any atom is -0.479 e. The van der Waals surface area contributed by atoms with Gasteiger partial charge in [0, 0.05) is 32.7 Å². The molecule has 1 rings (SSSR count). The van der Waals surface area contributed by atoms with Crippen LogP contribution in [0, 0.1) is 0 Å². The molecule has 1 heterocycles. The van der Waals surface area contributed by atoms with Crippen LogP contribution in [-0.4, -0.2) is 66.5 Å². The standard InChI is InChI=1S/C18H34N4O3/c1-6-15(2)20-22(18-10-7-8-12-25-18)14-16(3)19-21(5)17(4)24-13-9-11-23/h6,16,18-19,23H,1,4,7-14H2,2-3,5H3/b20-15+. The highest BCUT2D eigenvalue weighted by atomic mass is 16.5. The van der Waals surface area contributed by atoms with Gasteiger partial charge < -0.3 is 14.6 Å². The van der Waals surface area contributed by atoms with Crippen molar-refractivity contribution in [3.05, 3.63) is 25.1 Å². The molecule has 25 heavy (non-hydrogen) atoms. The van der Waals surface area contributed by atoms with Crippen LogP contribution in [0.2, 0.25) is 0 Å². The number of allylic oxidation sites excluding steroid dienone is 1. The number of hydrogen-bond acceptors (Lipinski definition) is 7. The molecule has 2 atom stereocenters. The average molecular weight is 354 g/mol. The highest BCUT2D eigenvalue weighted by Gasteiger charge is 2.23. The lowest BCUT2D eigenvalue weighted by Gasteiger charge is -2.35. The fourth-order valence-corrected chi connectivity index (χ4v) is 2.50. The van der Waals surface area contributed by atoms with E-state index in [9.17, 15) is 0 Å². The first-order valence-electron chi connectivity index (χ1n) is 8.96. The molecule has 0 aromatic heterocycles. The van der Waals surface area contributed by atoms with Gasteiger partial charge >= 0.3 is 0 Å². The first-order chi connectivity index (χ1) is 12.0. The molecule has 2 N–H and O–H groups in total. The Kier molecular flexibility index (Phi) is 10.2. The van der Waals surface area contributed by atoms with Crippen molar-refractivity contribution >= 4 is 5.71 Å². The first-order valence-corrected chi connectivity index (χ1v) is 8.96. The van der Waals surface area contributed by atoms with Crippen molar-refractivity contribution in [2.45, 2.75) is 51.8 Å². The molecule has 0 saturated carbocycles. The van der Waals surface area contributed by atoms with E-state index in [2.05, 4.69) is 30.6 Å². The molecule has 0 spiro atoms. The van der Waals surface area contributed by atoms with E-state index < -0.39 is 0 Å². The number of hydrogen-bond donors (Lipinski definition) is 2. The molecule has 1 aliphatic rings. The van der Waals surface area contributed by atoms with Gasteiger partial charge in [-0.2, -0.15) is 5.10 Å². The van der Waals surface area contributed by atoms with Crippen LogP contribution in [-0.2, 0) is 9.47 Å². The third kappa shape index (κ3) is 8.38. The Morgan fingerprint density at radius 2 is 2.28 bits per heavy atom.